The predicted octanol–water partition coefficient (Wildman–Crippen LogP) is 1.88. The second-order valence-corrected chi connectivity index (χ2v) is 5.14. The normalized spacial score (nSPS) is 10.2. The molecule has 1 heterocycles. The number of fused-ring (bicyclic) bond motifs is 1. The quantitative estimate of drug-likeness (QED) is 0.534. The number of nitriles is 1. The lowest BCUT2D eigenvalue weighted by Gasteiger charge is -2.11. The summed E-state index contributed by atoms with van der Waals surface area (Å²) in [6, 6.07) is 13.4. The maximum absolute atomic E-state index is 12.3. The lowest BCUT2D eigenvalue weighted by atomic mass is 10.2. The molecule has 0 fully saturated rings. The van der Waals surface area contributed by atoms with Crippen molar-refractivity contribution in [3.8, 4) is 17.6 Å². The van der Waals surface area contributed by atoms with Gasteiger partial charge >= 0.3 is 5.97 Å². The average molecular weight is 335 g/mol. The number of rotatable bonds is 4. The smallest absolute Gasteiger partial charge is 0.333 e. The van der Waals surface area contributed by atoms with Crippen LogP contribution in [0.2, 0.25) is 0 Å². The molecule has 3 aromatic rings. The number of esters is 1. The van der Waals surface area contributed by atoms with Crippen LogP contribution in [0.1, 0.15) is 5.56 Å². The number of hydrogen-bond donors (Lipinski definition) is 0. The van der Waals surface area contributed by atoms with E-state index in [1.165, 1.54) is 30.0 Å². The van der Waals surface area contributed by atoms with Crippen LogP contribution in [0.4, 0.5) is 0 Å². The first kappa shape index (κ1) is 16.2. The average Bonchev–Trinajstić information content (AvgIpc) is 2.64. The van der Waals surface area contributed by atoms with Crippen molar-refractivity contribution < 1.29 is 14.3 Å². The van der Waals surface area contributed by atoms with Gasteiger partial charge in [0.25, 0.3) is 0 Å². The van der Waals surface area contributed by atoms with E-state index in [4.69, 9.17) is 14.7 Å². The Kier molecular flexibility index (Phi) is 4.44. The number of para-hydroxylation sites is 1. The number of carbonyl (C=O) groups excluding carboxylic acids is 1. The standard InChI is InChI=1S/C18H13N3O4/c1-24-17-8-12(9-19)6-7-16(17)25-18(23)11-21-14-5-3-2-4-13(14)15(22)10-20-21/h2-8,10H,11H2,1H3. The lowest BCUT2D eigenvalue weighted by Crippen LogP contribution is -2.21. The maximum Gasteiger partial charge on any atom is 0.333 e. The first-order chi connectivity index (χ1) is 12.1. The van der Waals surface area contributed by atoms with Crippen molar-refractivity contribution in [2.45, 2.75) is 6.54 Å². The van der Waals surface area contributed by atoms with Crippen LogP contribution >= 0.6 is 0 Å². The van der Waals surface area contributed by atoms with Gasteiger partial charge in [0, 0.05) is 11.5 Å². The van der Waals surface area contributed by atoms with E-state index >= 15 is 0 Å². The third-order valence-corrected chi connectivity index (χ3v) is 3.56. The third-order valence-electron chi connectivity index (χ3n) is 3.56. The molecule has 0 aliphatic carbocycles. The molecule has 0 amide bonds. The summed E-state index contributed by atoms with van der Waals surface area (Å²) in [5.41, 5.74) is 0.720. The number of carbonyl (C=O) groups is 1. The number of methoxy groups -OCH3 is 1. The summed E-state index contributed by atoms with van der Waals surface area (Å²) in [6.07, 6.45) is 1.16. The Bertz CT molecular complexity index is 1050. The van der Waals surface area contributed by atoms with Gasteiger partial charge < -0.3 is 9.47 Å². The molecule has 7 heteroatoms. The Morgan fingerprint density at radius 3 is 2.80 bits per heavy atom. The van der Waals surface area contributed by atoms with Crippen molar-refractivity contribution >= 4 is 16.9 Å². The fraction of sp³-hybridized carbons (Fsp3) is 0.111. The zero-order valence-corrected chi connectivity index (χ0v) is 13.3. The van der Waals surface area contributed by atoms with Crippen molar-refractivity contribution in [3.05, 3.63) is 64.4 Å². The molecule has 0 saturated heterocycles. The molecule has 7 nitrogen and oxygen atoms in total. The SMILES string of the molecule is COc1cc(C#N)ccc1OC(=O)Cn1ncc(=O)c2ccccc21. The van der Waals surface area contributed by atoms with Gasteiger partial charge in [0.2, 0.25) is 5.43 Å². The molecular weight excluding hydrogens is 322 g/mol. The van der Waals surface area contributed by atoms with Crippen LogP contribution < -0.4 is 14.9 Å². The number of ether oxygens (including phenoxy) is 2. The van der Waals surface area contributed by atoms with Gasteiger partial charge in [-0.3, -0.25) is 9.48 Å². The zero-order valence-electron chi connectivity index (χ0n) is 13.3. The number of aromatic nitrogens is 2. The summed E-state index contributed by atoms with van der Waals surface area (Å²) < 4.78 is 11.8. The van der Waals surface area contributed by atoms with Gasteiger partial charge in [-0.25, -0.2) is 4.79 Å². The van der Waals surface area contributed by atoms with Crippen LogP contribution in [0.3, 0.4) is 0 Å². The highest BCUT2D eigenvalue weighted by Gasteiger charge is 2.13. The minimum atomic E-state index is -0.579. The number of nitrogens with zero attached hydrogens (tertiary/aromatic N) is 3. The van der Waals surface area contributed by atoms with Gasteiger partial charge in [-0.15, -0.1) is 0 Å². The molecule has 3 rings (SSSR count). The summed E-state index contributed by atoms with van der Waals surface area (Å²) in [5, 5.41) is 13.4. The molecule has 124 valence electrons. The molecule has 0 saturated carbocycles. The van der Waals surface area contributed by atoms with E-state index in [0.717, 1.165) is 6.20 Å². The monoisotopic (exact) mass is 335 g/mol. The highest BCUT2D eigenvalue weighted by Crippen LogP contribution is 2.28. The number of hydrogen-bond acceptors (Lipinski definition) is 6. The molecule has 0 N–H and O–H groups in total. The van der Waals surface area contributed by atoms with E-state index in [2.05, 4.69) is 5.10 Å². The Labute approximate surface area is 142 Å². The Hall–Kier alpha value is -3.66. The molecule has 0 bridgehead atoms. The van der Waals surface area contributed by atoms with Crippen molar-refractivity contribution in [2.75, 3.05) is 7.11 Å². The van der Waals surface area contributed by atoms with Gasteiger partial charge in [0.1, 0.15) is 6.54 Å². The molecule has 0 radical (unpaired) electrons. The molecular formula is C18H13N3O4. The van der Waals surface area contributed by atoms with Gasteiger partial charge in [-0.05, 0) is 24.3 Å². The van der Waals surface area contributed by atoms with Crippen molar-refractivity contribution in [3.63, 3.8) is 0 Å². The van der Waals surface area contributed by atoms with E-state index in [0.29, 0.717) is 16.5 Å². The molecule has 2 aromatic carbocycles. The fourth-order valence-corrected chi connectivity index (χ4v) is 2.39. The van der Waals surface area contributed by atoms with Crippen LogP contribution in [0.15, 0.2) is 53.5 Å². The van der Waals surface area contributed by atoms with Gasteiger partial charge in [-0.1, -0.05) is 12.1 Å². The second kappa shape index (κ2) is 6.84. The molecule has 0 aliphatic heterocycles. The Morgan fingerprint density at radius 2 is 2.04 bits per heavy atom. The van der Waals surface area contributed by atoms with E-state index in [-0.39, 0.29) is 23.5 Å². The largest absolute Gasteiger partial charge is 0.493 e. The minimum absolute atomic E-state index is 0.177. The van der Waals surface area contributed by atoms with Crippen LogP contribution in [0, 0.1) is 11.3 Å². The van der Waals surface area contributed by atoms with Crippen molar-refractivity contribution in [1.82, 2.24) is 9.78 Å². The molecule has 0 aliphatic rings. The first-order valence-electron chi connectivity index (χ1n) is 7.36. The second-order valence-electron chi connectivity index (χ2n) is 5.14. The van der Waals surface area contributed by atoms with Gasteiger partial charge in [-0.2, -0.15) is 10.4 Å². The highest BCUT2D eigenvalue weighted by molar-refractivity contribution is 5.80. The third kappa shape index (κ3) is 3.33. The Morgan fingerprint density at radius 1 is 1.24 bits per heavy atom. The van der Waals surface area contributed by atoms with Gasteiger partial charge in [0.05, 0.1) is 30.5 Å². The first-order valence-corrected chi connectivity index (χ1v) is 7.36. The van der Waals surface area contributed by atoms with Gasteiger partial charge in [0.15, 0.2) is 11.5 Å². The molecule has 25 heavy (non-hydrogen) atoms. The van der Waals surface area contributed by atoms with E-state index in [9.17, 15) is 9.59 Å². The minimum Gasteiger partial charge on any atom is -0.493 e. The van der Waals surface area contributed by atoms with E-state index < -0.39 is 5.97 Å². The summed E-state index contributed by atoms with van der Waals surface area (Å²) in [4.78, 5) is 24.1. The maximum atomic E-state index is 12.3. The molecule has 0 atom stereocenters. The van der Waals surface area contributed by atoms with Crippen molar-refractivity contribution in [1.29, 1.82) is 5.26 Å². The lowest BCUT2D eigenvalue weighted by molar-refractivity contribution is -0.135. The van der Waals surface area contributed by atoms with Crippen LogP contribution in [0.25, 0.3) is 10.9 Å². The van der Waals surface area contributed by atoms with E-state index in [1.54, 1.807) is 24.3 Å². The highest BCUT2D eigenvalue weighted by atomic mass is 16.6. The summed E-state index contributed by atoms with van der Waals surface area (Å²) in [7, 11) is 1.42. The topological polar surface area (TPSA) is 94.2 Å². The zero-order chi connectivity index (χ0) is 17.8. The van der Waals surface area contributed by atoms with Crippen LogP contribution in [-0.2, 0) is 11.3 Å². The summed E-state index contributed by atoms with van der Waals surface area (Å²) in [6.45, 7) is -0.177. The molecule has 1 aromatic heterocycles. The van der Waals surface area contributed by atoms with E-state index in [1.807, 2.05) is 6.07 Å². The summed E-state index contributed by atoms with van der Waals surface area (Å²) in [5.74, 6) is -0.0914. The van der Waals surface area contributed by atoms with Crippen LogP contribution in [0.5, 0.6) is 11.5 Å². The molecule has 0 unspecified atom stereocenters. The predicted molar refractivity (Wildman–Crippen MR) is 89.3 cm³/mol. The van der Waals surface area contributed by atoms with Crippen molar-refractivity contribution in [2.24, 2.45) is 0 Å². The summed E-state index contributed by atoms with van der Waals surface area (Å²) >= 11 is 0. The molecule has 0 spiro atoms. The fourth-order valence-electron chi connectivity index (χ4n) is 2.39. The van der Waals surface area contributed by atoms with Crippen LogP contribution in [-0.4, -0.2) is 22.9 Å². The Balaban J connectivity index is 1.86. The number of benzene rings is 2.